The van der Waals surface area contributed by atoms with Crippen LogP contribution in [0.25, 0.3) is 11.3 Å². The van der Waals surface area contributed by atoms with Gasteiger partial charge in [-0.15, -0.1) is 0 Å². The maximum absolute atomic E-state index is 12.7. The number of fused-ring (bicyclic) bond motifs is 2. The second kappa shape index (κ2) is 7.35. The first-order valence-electron chi connectivity index (χ1n) is 9.98. The van der Waals surface area contributed by atoms with E-state index >= 15 is 0 Å². The summed E-state index contributed by atoms with van der Waals surface area (Å²) in [6, 6.07) is 15.4. The number of aromatic nitrogens is 6. The van der Waals surface area contributed by atoms with Gasteiger partial charge in [-0.2, -0.15) is 9.78 Å². The predicted molar refractivity (Wildman–Crippen MR) is 116 cm³/mol. The highest BCUT2D eigenvalue weighted by atomic mass is 16.5. The minimum absolute atomic E-state index is 0.328. The lowest BCUT2D eigenvalue weighted by molar-refractivity contribution is 0.415. The molecule has 0 spiro atoms. The van der Waals surface area contributed by atoms with Gasteiger partial charge in [-0.25, -0.2) is 5.10 Å². The van der Waals surface area contributed by atoms with Gasteiger partial charge < -0.3 is 10.1 Å². The van der Waals surface area contributed by atoms with Crippen LogP contribution in [0.3, 0.4) is 0 Å². The molecule has 1 aliphatic heterocycles. The first-order chi connectivity index (χ1) is 15.1. The standard InChI is InChI=1S/C22H21N7O2/c1-12(2)13-4-6-15(7-5-13)20-17-18(14-8-10-16(31-3)11-9-14)24-25-21(30)19(17)23-22-26-27-28-29(20)22/h4-12,20H,1-3H3,(H,25,30)(H,23,26,28)/t20-/m1/s1. The lowest BCUT2D eigenvalue weighted by atomic mass is 9.91. The van der Waals surface area contributed by atoms with E-state index in [1.165, 1.54) is 5.56 Å². The number of aromatic amines is 1. The topological polar surface area (TPSA) is 111 Å². The van der Waals surface area contributed by atoms with E-state index in [4.69, 9.17) is 4.74 Å². The first-order valence-corrected chi connectivity index (χ1v) is 9.98. The van der Waals surface area contributed by atoms with Crippen LogP contribution in [-0.4, -0.2) is 37.5 Å². The van der Waals surface area contributed by atoms with Crippen LogP contribution >= 0.6 is 0 Å². The Morgan fingerprint density at radius 2 is 1.81 bits per heavy atom. The molecular weight excluding hydrogens is 394 g/mol. The number of nitrogens with one attached hydrogen (secondary N) is 2. The zero-order chi connectivity index (χ0) is 21.5. The van der Waals surface area contributed by atoms with Crippen molar-refractivity contribution in [2.24, 2.45) is 0 Å². The summed E-state index contributed by atoms with van der Waals surface area (Å²) in [4.78, 5) is 12.7. The number of tetrazole rings is 1. The van der Waals surface area contributed by atoms with Crippen LogP contribution in [0, 0.1) is 0 Å². The third kappa shape index (κ3) is 3.14. The largest absolute Gasteiger partial charge is 0.497 e. The zero-order valence-corrected chi connectivity index (χ0v) is 17.3. The molecule has 4 aromatic rings. The summed E-state index contributed by atoms with van der Waals surface area (Å²) in [5.41, 5.74) is 4.45. The van der Waals surface area contributed by atoms with Gasteiger partial charge in [0.2, 0.25) is 5.95 Å². The molecular formula is C22H21N7O2. The quantitative estimate of drug-likeness (QED) is 0.463. The monoisotopic (exact) mass is 415 g/mol. The summed E-state index contributed by atoms with van der Waals surface area (Å²) >= 11 is 0. The Labute approximate surface area is 178 Å². The summed E-state index contributed by atoms with van der Waals surface area (Å²) in [6.07, 6.45) is 0. The zero-order valence-electron chi connectivity index (χ0n) is 17.3. The highest BCUT2D eigenvalue weighted by Crippen LogP contribution is 2.41. The van der Waals surface area contributed by atoms with Crippen molar-refractivity contribution in [3.05, 3.63) is 75.6 Å². The van der Waals surface area contributed by atoms with E-state index in [0.717, 1.165) is 16.9 Å². The van der Waals surface area contributed by atoms with Gasteiger partial charge in [-0.1, -0.05) is 43.2 Å². The molecule has 0 bridgehead atoms. The van der Waals surface area contributed by atoms with Crippen molar-refractivity contribution in [3.63, 3.8) is 0 Å². The summed E-state index contributed by atoms with van der Waals surface area (Å²) in [6.45, 7) is 4.30. The Bertz CT molecular complexity index is 1290. The fourth-order valence-corrected chi connectivity index (χ4v) is 3.88. The second-order valence-electron chi connectivity index (χ2n) is 7.71. The third-order valence-corrected chi connectivity index (χ3v) is 5.55. The van der Waals surface area contributed by atoms with Gasteiger partial charge in [-0.05, 0) is 51.7 Å². The second-order valence-corrected chi connectivity index (χ2v) is 7.71. The van der Waals surface area contributed by atoms with E-state index in [1.807, 2.05) is 24.3 Å². The number of rotatable bonds is 4. The lowest BCUT2D eigenvalue weighted by Gasteiger charge is -2.28. The maximum atomic E-state index is 12.7. The normalized spacial score (nSPS) is 14.6. The maximum Gasteiger partial charge on any atom is 0.288 e. The fraction of sp³-hybridized carbons (Fsp3) is 0.227. The van der Waals surface area contributed by atoms with E-state index in [9.17, 15) is 4.79 Å². The van der Waals surface area contributed by atoms with E-state index < -0.39 is 6.04 Å². The molecule has 0 fully saturated rings. The van der Waals surface area contributed by atoms with E-state index in [1.54, 1.807) is 11.8 Å². The van der Waals surface area contributed by atoms with Crippen LogP contribution in [0.1, 0.15) is 42.5 Å². The fourth-order valence-electron chi connectivity index (χ4n) is 3.88. The molecule has 2 N–H and O–H groups in total. The van der Waals surface area contributed by atoms with Crippen molar-refractivity contribution in [3.8, 4) is 17.0 Å². The lowest BCUT2D eigenvalue weighted by Crippen LogP contribution is -2.29. The number of benzene rings is 2. The molecule has 0 amide bonds. The molecule has 5 rings (SSSR count). The van der Waals surface area contributed by atoms with Crippen LogP contribution in [0.5, 0.6) is 5.75 Å². The minimum Gasteiger partial charge on any atom is -0.497 e. The molecule has 0 radical (unpaired) electrons. The smallest absolute Gasteiger partial charge is 0.288 e. The molecule has 31 heavy (non-hydrogen) atoms. The Balaban J connectivity index is 1.74. The van der Waals surface area contributed by atoms with Gasteiger partial charge in [0.1, 0.15) is 17.5 Å². The Morgan fingerprint density at radius 1 is 1.06 bits per heavy atom. The Morgan fingerprint density at radius 3 is 2.48 bits per heavy atom. The SMILES string of the molecule is COc1ccc(-c2n[nH]c(=O)c3c2[C@@H](c2ccc(C(C)C)cc2)n2nnnc2N3)cc1. The van der Waals surface area contributed by atoms with Crippen molar-refractivity contribution >= 4 is 11.6 Å². The molecule has 0 saturated carbocycles. The number of nitrogens with zero attached hydrogens (tertiary/aromatic N) is 5. The molecule has 2 aromatic heterocycles. The number of H-pyrrole nitrogens is 1. The molecule has 0 unspecified atom stereocenters. The molecule has 9 nitrogen and oxygen atoms in total. The molecule has 3 heterocycles. The number of hydrogen-bond acceptors (Lipinski definition) is 7. The molecule has 9 heteroatoms. The first kappa shape index (κ1) is 19.0. The molecule has 0 saturated heterocycles. The van der Waals surface area contributed by atoms with Crippen LogP contribution < -0.4 is 15.6 Å². The van der Waals surface area contributed by atoms with E-state index in [0.29, 0.717) is 28.8 Å². The molecule has 1 atom stereocenters. The average Bonchev–Trinajstić information content (AvgIpc) is 3.27. The van der Waals surface area contributed by atoms with Crippen molar-refractivity contribution in [2.45, 2.75) is 25.8 Å². The Kier molecular flexibility index (Phi) is 4.50. The highest BCUT2D eigenvalue weighted by Gasteiger charge is 2.34. The molecule has 1 aliphatic rings. The van der Waals surface area contributed by atoms with Gasteiger partial charge in [0.15, 0.2) is 0 Å². The Hall–Kier alpha value is -4.01. The molecule has 0 aliphatic carbocycles. The molecule has 2 aromatic carbocycles. The van der Waals surface area contributed by atoms with Gasteiger partial charge in [0.25, 0.3) is 5.56 Å². The summed E-state index contributed by atoms with van der Waals surface area (Å²) in [5.74, 6) is 1.56. The summed E-state index contributed by atoms with van der Waals surface area (Å²) in [5, 5.41) is 22.1. The third-order valence-electron chi connectivity index (χ3n) is 5.55. The van der Waals surface area contributed by atoms with Gasteiger partial charge in [0, 0.05) is 11.1 Å². The number of methoxy groups -OCH3 is 1. The van der Waals surface area contributed by atoms with Crippen LogP contribution in [0.15, 0.2) is 53.3 Å². The van der Waals surface area contributed by atoms with Crippen molar-refractivity contribution < 1.29 is 4.74 Å². The minimum atomic E-state index is -0.408. The predicted octanol–water partition coefficient (Wildman–Crippen LogP) is 3.25. The number of ether oxygens (including phenoxy) is 1. The summed E-state index contributed by atoms with van der Waals surface area (Å²) < 4.78 is 6.95. The van der Waals surface area contributed by atoms with E-state index in [-0.39, 0.29) is 5.56 Å². The van der Waals surface area contributed by atoms with Gasteiger partial charge in [-0.3, -0.25) is 4.79 Å². The summed E-state index contributed by atoms with van der Waals surface area (Å²) in [7, 11) is 1.62. The molecule has 156 valence electrons. The van der Waals surface area contributed by atoms with Crippen molar-refractivity contribution in [1.82, 2.24) is 30.4 Å². The van der Waals surface area contributed by atoms with Crippen LogP contribution in [-0.2, 0) is 0 Å². The van der Waals surface area contributed by atoms with Gasteiger partial charge in [0.05, 0.1) is 12.8 Å². The average molecular weight is 415 g/mol. The number of anilines is 2. The highest BCUT2D eigenvalue weighted by molar-refractivity contribution is 5.75. The van der Waals surface area contributed by atoms with Crippen LogP contribution in [0.2, 0.25) is 0 Å². The van der Waals surface area contributed by atoms with Gasteiger partial charge >= 0.3 is 0 Å². The van der Waals surface area contributed by atoms with Crippen molar-refractivity contribution in [1.29, 1.82) is 0 Å². The van der Waals surface area contributed by atoms with Crippen molar-refractivity contribution in [2.75, 3.05) is 12.4 Å². The van der Waals surface area contributed by atoms with Crippen LogP contribution in [0.4, 0.5) is 11.6 Å². The number of hydrogen-bond donors (Lipinski definition) is 2. The van der Waals surface area contributed by atoms with E-state index in [2.05, 4.69) is 69.2 Å².